The molecule has 1 aromatic carbocycles. The predicted molar refractivity (Wildman–Crippen MR) is 87.8 cm³/mol. The van der Waals surface area contributed by atoms with Crippen molar-refractivity contribution in [1.82, 2.24) is 0 Å². The largest absolute Gasteiger partial charge is 0.487 e. The number of benzene rings is 1. The van der Waals surface area contributed by atoms with Gasteiger partial charge in [-0.15, -0.1) is 0 Å². The summed E-state index contributed by atoms with van der Waals surface area (Å²) in [4.78, 5) is 0. The number of ether oxygens (including phenoxy) is 1. The van der Waals surface area contributed by atoms with Gasteiger partial charge in [-0.25, -0.2) is 0 Å². The van der Waals surface area contributed by atoms with E-state index in [4.69, 9.17) is 22.1 Å². The molecule has 1 fully saturated rings. The molecule has 2 N–H and O–H groups in total. The van der Waals surface area contributed by atoms with Gasteiger partial charge >= 0.3 is 0 Å². The first-order valence-electron chi connectivity index (χ1n) is 8.21. The van der Waals surface area contributed by atoms with E-state index in [-0.39, 0.29) is 11.6 Å². The van der Waals surface area contributed by atoms with Crippen molar-refractivity contribution < 1.29 is 4.74 Å². The van der Waals surface area contributed by atoms with Gasteiger partial charge in [0.15, 0.2) is 0 Å². The van der Waals surface area contributed by atoms with Crippen LogP contribution >= 0.6 is 11.6 Å². The highest BCUT2D eigenvalue weighted by atomic mass is 35.5. The monoisotopic (exact) mass is 307 g/mol. The number of hydrogen-bond donors (Lipinski definition) is 1. The van der Waals surface area contributed by atoms with Gasteiger partial charge in [0, 0.05) is 23.0 Å². The molecular weight excluding hydrogens is 282 g/mol. The van der Waals surface area contributed by atoms with Crippen molar-refractivity contribution in [2.24, 2.45) is 17.6 Å². The fourth-order valence-corrected chi connectivity index (χ4v) is 4.46. The van der Waals surface area contributed by atoms with Crippen LogP contribution in [0.15, 0.2) is 18.2 Å². The average Bonchev–Trinajstić information content (AvgIpc) is 2.39. The van der Waals surface area contributed by atoms with Crippen molar-refractivity contribution >= 4 is 11.6 Å². The van der Waals surface area contributed by atoms with Crippen molar-refractivity contribution in [3.05, 3.63) is 28.8 Å². The van der Waals surface area contributed by atoms with Crippen molar-refractivity contribution in [1.29, 1.82) is 0 Å². The third-order valence-corrected chi connectivity index (χ3v) is 5.23. The summed E-state index contributed by atoms with van der Waals surface area (Å²) in [5.74, 6) is 2.48. The molecule has 21 heavy (non-hydrogen) atoms. The highest BCUT2D eigenvalue weighted by Crippen LogP contribution is 2.48. The lowest BCUT2D eigenvalue weighted by atomic mass is 9.71. The lowest BCUT2D eigenvalue weighted by Gasteiger charge is -2.46. The maximum Gasteiger partial charge on any atom is 0.125 e. The second-order valence-electron chi connectivity index (χ2n) is 7.37. The molecule has 0 amide bonds. The van der Waals surface area contributed by atoms with Crippen molar-refractivity contribution in [2.45, 2.75) is 64.0 Å². The van der Waals surface area contributed by atoms with Crippen LogP contribution in [0.1, 0.15) is 64.0 Å². The van der Waals surface area contributed by atoms with E-state index in [1.54, 1.807) is 0 Å². The lowest BCUT2D eigenvalue weighted by Crippen LogP contribution is -2.46. The first kappa shape index (κ1) is 15.2. The molecule has 2 aliphatic rings. The van der Waals surface area contributed by atoms with Crippen molar-refractivity contribution in [2.75, 3.05) is 0 Å². The van der Waals surface area contributed by atoms with Crippen LogP contribution in [0.4, 0.5) is 0 Å². The number of nitrogens with two attached hydrogens (primary N) is 1. The van der Waals surface area contributed by atoms with Crippen LogP contribution < -0.4 is 10.5 Å². The van der Waals surface area contributed by atoms with E-state index in [1.807, 2.05) is 18.2 Å². The molecule has 2 nitrogen and oxygen atoms in total. The number of fused-ring (bicyclic) bond motifs is 1. The van der Waals surface area contributed by atoms with Gasteiger partial charge in [-0.05, 0) is 55.7 Å². The minimum atomic E-state index is -0.0436. The molecule has 3 rings (SSSR count). The minimum absolute atomic E-state index is 0.0436. The quantitative estimate of drug-likeness (QED) is 0.825. The molecule has 1 aliphatic heterocycles. The SMILES string of the molecule is CC(C)CC1CCCC2(C1)C[C@@H](N)c1cc(Cl)ccc1O2. The summed E-state index contributed by atoms with van der Waals surface area (Å²) in [6.45, 7) is 4.62. The molecule has 3 heteroatoms. The highest BCUT2D eigenvalue weighted by Gasteiger charge is 2.43. The Labute approximate surface area is 133 Å². The molecule has 1 aliphatic carbocycles. The van der Waals surface area contributed by atoms with Crippen LogP contribution in [-0.2, 0) is 0 Å². The predicted octanol–water partition coefficient (Wildman–Crippen LogP) is 5.10. The summed E-state index contributed by atoms with van der Waals surface area (Å²) in [5, 5.41) is 0.741. The third kappa shape index (κ3) is 3.22. The second-order valence-corrected chi connectivity index (χ2v) is 7.81. The van der Waals surface area contributed by atoms with E-state index in [0.29, 0.717) is 0 Å². The van der Waals surface area contributed by atoms with Gasteiger partial charge in [0.25, 0.3) is 0 Å². The normalized spacial score (nSPS) is 32.0. The lowest BCUT2D eigenvalue weighted by molar-refractivity contribution is -0.0201. The molecular formula is C18H26ClNO. The Morgan fingerprint density at radius 1 is 1.38 bits per heavy atom. The fraction of sp³-hybridized carbons (Fsp3) is 0.667. The van der Waals surface area contributed by atoms with Crippen LogP contribution in [0.25, 0.3) is 0 Å². The summed E-state index contributed by atoms with van der Waals surface area (Å²) in [6, 6.07) is 5.90. The van der Waals surface area contributed by atoms with E-state index in [0.717, 1.165) is 47.4 Å². The second kappa shape index (κ2) is 5.81. The Balaban J connectivity index is 1.82. The molecule has 2 unspecified atom stereocenters. The number of rotatable bonds is 2. The molecule has 0 bridgehead atoms. The van der Waals surface area contributed by atoms with Crippen molar-refractivity contribution in [3.8, 4) is 5.75 Å². The summed E-state index contributed by atoms with van der Waals surface area (Å²) < 4.78 is 6.46. The zero-order valence-electron chi connectivity index (χ0n) is 13.1. The average molecular weight is 308 g/mol. The van der Waals surface area contributed by atoms with Gasteiger partial charge < -0.3 is 10.5 Å². The zero-order valence-corrected chi connectivity index (χ0v) is 13.8. The number of halogens is 1. The molecule has 116 valence electrons. The maximum atomic E-state index is 6.46. The van der Waals surface area contributed by atoms with Gasteiger partial charge in [0.2, 0.25) is 0 Å². The van der Waals surface area contributed by atoms with Gasteiger partial charge in [-0.3, -0.25) is 0 Å². The minimum Gasteiger partial charge on any atom is -0.487 e. The number of hydrogen-bond acceptors (Lipinski definition) is 2. The van der Waals surface area contributed by atoms with E-state index < -0.39 is 0 Å². The summed E-state index contributed by atoms with van der Waals surface area (Å²) in [5.41, 5.74) is 7.45. The van der Waals surface area contributed by atoms with E-state index >= 15 is 0 Å². The van der Waals surface area contributed by atoms with Crippen LogP contribution in [0.2, 0.25) is 5.02 Å². The molecule has 1 aromatic rings. The van der Waals surface area contributed by atoms with Crippen molar-refractivity contribution in [3.63, 3.8) is 0 Å². The Bertz CT molecular complexity index is 516. The molecule has 3 atom stereocenters. The Morgan fingerprint density at radius 3 is 2.95 bits per heavy atom. The van der Waals surface area contributed by atoms with Gasteiger partial charge in [-0.2, -0.15) is 0 Å². The Hall–Kier alpha value is -0.730. The van der Waals surface area contributed by atoms with Crippen LogP contribution in [-0.4, -0.2) is 5.60 Å². The van der Waals surface area contributed by atoms with E-state index in [2.05, 4.69) is 13.8 Å². The van der Waals surface area contributed by atoms with E-state index in [1.165, 1.54) is 19.3 Å². The van der Waals surface area contributed by atoms with Gasteiger partial charge in [0.05, 0.1) is 0 Å². The third-order valence-electron chi connectivity index (χ3n) is 5.00. The fourth-order valence-electron chi connectivity index (χ4n) is 4.28. The van der Waals surface area contributed by atoms with Crippen LogP contribution in [0, 0.1) is 11.8 Å². The summed E-state index contributed by atoms with van der Waals surface area (Å²) in [7, 11) is 0. The van der Waals surface area contributed by atoms with Gasteiger partial charge in [0.1, 0.15) is 11.4 Å². The molecule has 0 saturated heterocycles. The maximum absolute atomic E-state index is 6.46. The first-order chi connectivity index (χ1) is 9.97. The van der Waals surface area contributed by atoms with Crippen LogP contribution in [0.3, 0.4) is 0 Å². The summed E-state index contributed by atoms with van der Waals surface area (Å²) >= 11 is 6.09. The topological polar surface area (TPSA) is 35.2 Å². The molecule has 0 radical (unpaired) electrons. The first-order valence-corrected chi connectivity index (χ1v) is 8.59. The molecule has 1 saturated carbocycles. The molecule has 0 aromatic heterocycles. The zero-order chi connectivity index (χ0) is 15.0. The smallest absolute Gasteiger partial charge is 0.125 e. The molecule has 1 spiro atoms. The van der Waals surface area contributed by atoms with E-state index in [9.17, 15) is 0 Å². The highest BCUT2D eigenvalue weighted by molar-refractivity contribution is 6.30. The Morgan fingerprint density at radius 2 is 2.19 bits per heavy atom. The summed E-state index contributed by atoms with van der Waals surface area (Å²) in [6.07, 6.45) is 7.11. The van der Waals surface area contributed by atoms with Gasteiger partial charge in [-0.1, -0.05) is 31.9 Å². The standard InChI is InChI=1S/C18H26ClNO/c1-12(2)8-13-4-3-7-18(10-13)11-16(20)15-9-14(19)5-6-17(15)21-18/h5-6,9,12-13,16H,3-4,7-8,10-11,20H2,1-2H3/t13?,16-,18?/m1/s1. The van der Waals surface area contributed by atoms with Crippen LogP contribution in [0.5, 0.6) is 5.75 Å². The molecule has 1 heterocycles. The Kier molecular flexibility index (Phi) is 4.20.